The minimum absolute atomic E-state index is 0.233. The highest BCUT2D eigenvalue weighted by molar-refractivity contribution is 5.80. The zero-order chi connectivity index (χ0) is 14.5. The van der Waals surface area contributed by atoms with Gasteiger partial charge in [-0.3, -0.25) is 9.69 Å². The van der Waals surface area contributed by atoms with Crippen molar-refractivity contribution < 1.29 is 14.3 Å². The number of carbonyl (C=O) groups excluding carboxylic acids is 1. The van der Waals surface area contributed by atoms with Crippen LogP contribution in [0.1, 0.15) is 40.5 Å². The minimum Gasteiger partial charge on any atom is -0.465 e. The Morgan fingerprint density at radius 1 is 1.63 bits per heavy atom. The number of ether oxygens (including phenoxy) is 2. The predicted octanol–water partition coefficient (Wildman–Crippen LogP) is 1.16. The average molecular weight is 272 g/mol. The van der Waals surface area contributed by atoms with Crippen molar-refractivity contribution in [1.82, 2.24) is 4.90 Å². The zero-order valence-electron chi connectivity index (χ0n) is 12.6. The van der Waals surface area contributed by atoms with E-state index >= 15 is 0 Å². The summed E-state index contributed by atoms with van der Waals surface area (Å²) < 4.78 is 10.7. The fraction of sp³-hybridized carbons (Fsp3) is 0.929. The van der Waals surface area contributed by atoms with Crippen LogP contribution < -0.4 is 5.73 Å². The van der Waals surface area contributed by atoms with Crippen LogP contribution in [0.25, 0.3) is 0 Å². The van der Waals surface area contributed by atoms with Crippen molar-refractivity contribution >= 4 is 5.97 Å². The Morgan fingerprint density at radius 2 is 2.32 bits per heavy atom. The molecule has 0 amide bonds. The highest BCUT2D eigenvalue weighted by atomic mass is 16.5. The maximum Gasteiger partial charge on any atom is 0.325 e. The molecule has 0 bridgehead atoms. The molecule has 1 aliphatic heterocycles. The van der Waals surface area contributed by atoms with Gasteiger partial charge in [0.25, 0.3) is 0 Å². The molecule has 0 saturated carbocycles. The Labute approximate surface area is 116 Å². The van der Waals surface area contributed by atoms with Crippen molar-refractivity contribution in [2.45, 2.75) is 58.2 Å². The van der Waals surface area contributed by atoms with Crippen molar-refractivity contribution in [2.75, 3.05) is 26.3 Å². The molecule has 112 valence electrons. The summed E-state index contributed by atoms with van der Waals surface area (Å²) in [5, 5.41) is 0. The van der Waals surface area contributed by atoms with E-state index in [0.29, 0.717) is 13.0 Å². The second-order valence-corrected chi connectivity index (χ2v) is 5.72. The molecule has 1 saturated heterocycles. The molecule has 5 heteroatoms. The van der Waals surface area contributed by atoms with Crippen molar-refractivity contribution in [3.05, 3.63) is 0 Å². The normalized spacial score (nSPS) is 26.3. The van der Waals surface area contributed by atoms with Crippen LogP contribution in [0.3, 0.4) is 0 Å². The van der Waals surface area contributed by atoms with Crippen LogP contribution in [0, 0.1) is 0 Å². The summed E-state index contributed by atoms with van der Waals surface area (Å²) in [6.07, 6.45) is 1.85. The van der Waals surface area contributed by atoms with Gasteiger partial charge in [-0.15, -0.1) is 0 Å². The van der Waals surface area contributed by atoms with E-state index in [2.05, 4.69) is 18.7 Å². The van der Waals surface area contributed by atoms with E-state index in [1.807, 2.05) is 0 Å². The lowest BCUT2D eigenvalue weighted by Gasteiger charge is -2.33. The molecule has 0 spiro atoms. The Hall–Kier alpha value is -0.650. The standard InChI is InChI=1S/C14H28N2O3/c1-5-18-13(17)14(4,15)9-11(2)16-7-6-8-19-12(3)10-16/h11-12H,5-10,15H2,1-4H3. The fourth-order valence-corrected chi connectivity index (χ4v) is 2.55. The lowest BCUT2D eigenvalue weighted by Crippen LogP contribution is -2.51. The molecule has 1 aliphatic rings. The van der Waals surface area contributed by atoms with Gasteiger partial charge >= 0.3 is 5.97 Å². The minimum atomic E-state index is -0.925. The highest BCUT2D eigenvalue weighted by Gasteiger charge is 2.34. The summed E-state index contributed by atoms with van der Waals surface area (Å²) in [6.45, 7) is 10.8. The number of rotatable bonds is 5. The van der Waals surface area contributed by atoms with Crippen LogP contribution in [0.2, 0.25) is 0 Å². The van der Waals surface area contributed by atoms with Gasteiger partial charge in [0, 0.05) is 25.7 Å². The molecule has 0 aromatic heterocycles. The first kappa shape index (κ1) is 16.4. The van der Waals surface area contributed by atoms with Crippen LogP contribution in [0.4, 0.5) is 0 Å². The number of esters is 1. The summed E-state index contributed by atoms with van der Waals surface area (Å²) >= 11 is 0. The molecule has 1 heterocycles. The van der Waals surface area contributed by atoms with Crippen LogP contribution in [-0.2, 0) is 14.3 Å². The summed E-state index contributed by atoms with van der Waals surface area (Å²) in [5.41, 5.74) is 5.17. The van der Waals surface area contributed by atoms with Crippen molar-refractivity contribution in [1.29, 1.82) is 0 Å². The van der Waals surface area contributed by atoms with E-state index in [-0.39, 0.29) is 18.1 Å². The van der Waals surface area contributed by atoms with E-state index in [1.54, 1.807) is 13.8 Å². The van der Waals surface area contributed by atoms with Crippen molar-refractivity contribution in [2.24, 2.45) is 5.73 Å². The fourth-order valence-electron chi connectivity index (χ4n) is 2.55. The molecule has 19 heavy (non-hydrogen) atoms. The molecule has 0 aliphatic carbocycles. The van der Waals surface area contributed by atoms with Gasteiger partial charge in [0.05, 0.1) is 12.7 Å². The highest BCUT2D eigenvalue weighted by Crippen LogP contribution is 2.18. The van der Waals surface area contributed by atoms with Gasteiger partial charge in [0.15, 0.2) is 0 Å². The van der Waals surface area contributed by atoms with Gasteiger partial charge in [-0.1, -0.05) is 0 Å². The molecule has 3 unspecified atom stereocenters. The SMILES string of the molecule is CCOC(=O)C(C)(N)CC(C)N1CCCOC(C)C1. The van der Waals surface area contributed by atoms with E-state index in [9.17, 15) is 4.79 Å². The maximum absolute atomic E-state index is 11.8. The first-order chi connectivity index (χ1) is 8.86. The second-order valence-electron chi connectivity index (χ2n) is 5.72. The van der Waals surface area contributed by atoms with E-state index in [1.165, 1.54) is 0 Å². The van der Waals surface area contributed by atoms with Crippen molar-refractivity contribution in [3.63, 3.8) is 0 Å². The third kappa shape index (κ3) is 5.09. The molecule has 3 atom stereocenters. The lowest BCUT2D eigenvalue weighted by molar-refractivity contribution is -0.149. The molecular formula is C14H28N2O3. The predicted molar refractivity (Wildman–Crippen MR) is 74.9 cm³/mol. The first-order valence-electron chi connectivity index (χ1n) is 7.18. The van der Waals surface area contributed by atoms with Gasteiger partial charge in [0.2, 0.25) is 0 Å². The third-order valence-corrected chi connectivity index (χ3v) is 3.57. The van der Waals surface area contributed by atoms with E-state index in [4.69, 9.17) is 15.2 Å². The van der Waals surface area contributed by atoms with Crippen LogP contribution in [0.5, 0.6) is 0 Å². The number of hydrogen-bond acceptors (Lipinski definition) is 5. The largest absolute Gasteiger partial charge is 0.465 e. The van der Waals surface area contributed by atoms with E-state index in [0.717, 1.165) is 26.1 Å². The van der Waals surface area contributed by atoms with Crippen LogP contribution >= 0.6 is 0 Å². The van der Waals surface area contributed by atoms with Crippen LogP contribution in [-0.4, -0.2) is 54.9 Å². The molecule has 5 nitrogen and oxygen atoms in total. The molecule has 1 fully saturated rings. The Kier molecular flexibility index (Phi) is 6.23. The Morgan fingerprint density at radius 3 is 2.95 bits per heavy atom. The third-order valence-electron chi connectivity index (χ3n) is 3.57. The summed E-state index contributed by atoms with van der Waals surface area (Å²) in [7, 11) is 0. The lowest BCUT2D eigenvalue weighted by atomic mass is 9.94. The maximum atomic E-state index is 11.8. The first-order valence-corrected chi connectivity index (χ1v) is 7.18. The van der Waals surface area contributed by atoms with Gasteiger partial charge in [0.1, 0.15) is 5.54 Å². The topological polar surface area (TPSA) is 64.8 Å². The van der Waals surface area contributed by atoms with Gasteiger partial charge in [-0.2, -0.15) is 0 Å². The zero-order valence-corrected chi connectivity index (χ0v) is 12.6. The number of nitrogens with two attached hydrogens (primary N) is 1. The number of hydrogen-bond donors (Lipinski definition) is 1. The Bertz CT molecular complexity index is 294. The van der Waals surface area contributed by atoms with E-state index < -0.39 is 5.54 Å². The molecular weight excluding hydrogens is 244 g/mol. The molecule has 0 aromatic carbocycles. The number of carbonyl (C=O) groups is 1. The van der Waals surface area contributed by atoms with Gasteiger partial charge in [-0.05, 0) is 40.5 Å². The molecule has 0 radical (unpaired) electrons. The molecule has 2 N–H and O–H groups in total. The smallest absolute Gasteiger partial charge is 0.325 e. The monoisotopic (exact) mass is 272 g/mol. The molecule has 1 rings (SSSR count). The number of nitrogens with zero attached hydrogens (tertiary/aromatic N) is 1. The average Bonchev–Trinajstić information content (AvgIpc) is 2.53. The van der Waals surface area contributed by atoms with Crippen molar-refractivity contribution in [3.8, 4) is 0 Å². The quantitative estimate of drug-likeness (QED) is 0.761. The summed E-state index contributed by atoms with van der Waals surface area (Å²) in [5.74, 6) is -0.319. The van der Waals surface area contributed by atoms with Crippen LogP contribution in [0.15, 0.2) is 0 Å². The summed E-state index contributed by atoms with van der Waals surface area (Å²) in [4.78, 5) is 14.2. The van der Waals surface area contributed by atoms with Gasteiger partial charge in [-0.25, -0.2) is 0 Å². The molecule has 0 aromatic rings. The van der Waals surface area contributed by atoms with Gasteiger partial charge < -0.3 is 15.2 Å². The second kappa shape index (κ2) is 7.22. The Balaban J connectivity index is 2.56. The summed E-state index contributed by atoms with van der Waals surface area (Å²) in [6, 6.07) is 0.239.